The molecule has 0 aliphatic heterocycles. The monoisotopic (exact) mass is 1350 g/mol. The summed E-state index contributed by atoms with van der Waals surface area (Å²) >= 11 is 0. The molecule has 3 N–H and O–H groups in total. The molecular formula is C73H142O17P2. The normalized spacial score (nSPS) is 14.0. The zero-order valence-corrected chi connectivity index (χ0v) is 61.5. The van der Waals surface area contributed by atoms with Crippen LogP contribution in [0.3, 0.4) is 0 Å². The molecule has 0 aromatic carbocycles. The largest absolute Gasteiger partial charge is 0.472 e. The second-order valence-electron chi connectivity index (χ2n) is 26.8. The van der Waals surface area contributed by atoms with Crippen LogP contribution in [0, 0.1) is 5.92 Å². The van der Waals surface area contributed by atoms with Gasteiger partial charge in [0.15, 0.2) is 12.2 Å². The lowest BCUT2D eigenvalue weighted by Crippen LogP contribution is -2.30. The van der Waals surface area contributed by atoms with E-state index in [4.69, 9.17) is 37.0 Å². The highest BCUT2D eigenvalue weighted by Crippen LogP contribution is 2.45. The van der Waals surface area contributed by atoms with Gasteiger partial charge in [0.2, 0.25) is 0 Å². The van der Waals surface area contributed by atoms with Crippen molar-refractivity contribution < 1.29 is 80.2 Å². The van der Waals surface area contributed by atoms with Crippen molar-refractivity contribution in [3.8, 4) is 0 Å². The van der Waals surface area contributed by atoms with Crippen LogP contribution in [0.5, 0.6) is 0 Å². The Balaban J connectivity index is 5.16. The average molecular weight is 1350 g/mol. The fourth-order valence-corrected chi connectivity index (χ4v) is 12.8. The molecule has 0 spiro atoms. The van der Waals surface area contributed by atoms with Gasteiger partial charge in [0, 0.05) is 25.7 Å². The molecule has 19 heteroatoms. The Morgan fingerprint density at radius 3 is 0.739 bits per heavy atom. The van der Waals surface area contributed by atoms with Crippen molar-refractivity contribution in [2.45, 2.75) is 400 Å². The number of phosphoric acid groups is 2. The van der Waals surface area contributed by atoms with Crippen LogP contribution in [-0.4, -0.2) is 96.7 Å². The molecule has 0 saturated carbocycles. The van der Waals surface area contributed by atoms with Gasteiger partial charge in [-0.15, -0.1) is 0 Å². The van der Waals surface area contributed by atoms with Crippen LogP contribution in [0.25, 0.3) is 0 Å². The quantitative estimate of drug-likeness (QED) is 0.0222. The molecule has 0 bridgehead atoms. The summed E-state index contributed by atoms with van der Waals surface area (Å²) in [6.07, 6.45) is 54.3. The second-order valence-corrected chi connectivity index (χ2v) is 29.7. The molecule has 0 fully saturated rings. The molecule has 0 heterocycles. The Morgan fingerprint density at radius 1 is 0.293 bits per heavy atom. The number of esters is 4. The molecule has 17 nitrogen and oxygen atoms in total. The number of carbonyl (C=O) groups excluding carboxylic acids is 4. The van der Waals surface area contributed by atoms with Crippen LogP contribution in [0.4, 0.5) is 0 Å². The Labute approximate surface area is 562 Å². The zero-order valence-electron chi connectivity index (χ0n) is 59.7. The van der Waals surface area contributed by atoms with E-state index in [0.717, 1.165) is 109 Å². The van der Waals surface area contributed by atoms with Crippen molar-refractivity contribution in [2.24, 2.45) is 5.92 Å². The number of carbonyl (C=O) groups is 4. The summed E-state index contributed by atoms with van der Waals surface area (Å²) < 4.78 is 68.2. The molecule has 0 amide bonds. The van der Waals surface area contributed by atoms with Crippen LogP contribution < -0.4 is 0 Å². The first-order valence-electron chi connectivity index (χ1n) is 38.1. The summed E-state index contributed by atoms with van der Waals surface area (Å²) in [4.78, 5) is 72.4. The molecule has 0 radical (unpaired) electrons. The first-order valence-corrected chi connectivity index (χ1v) is 41.1. The number of aliphatic hydroxyl groups is 1. The van der Waals surface area contributed by atoms with Crippen molar-refractivity contribution in [1.82, 2.24) is 0 Å². The first-order chi connectivity index (χ1) is 44.5. The maximum Gasteiger partial charge on any atom is 0.472 e. The first kappa shape index (κ1) is 90.1. The van der Waals surface area contributed by atoms with Crippen molar-refractivity contribution in [2.75, 3.05) is 39.6 Å². The third-order valence-corrected chi connectivity index (χ3v) is 18.9. The molecule has 0 aromatic rings. The number of rotatable bonds is 73. The number of hydrogen-bond donors (Lipinski definition) is 3. The predicted molar refractivity (Wildman–Crippen MR) is 372 cm³/mol. The van der Waals surface area contributed by atoms with Gasteiger partial charge in [-0.05, 0) is 31.6 Å². The van der Waals surface area contributed by atoms with E-state index in [1.54, 1.807) is 0 Å². The topological polar surface area (TPSA) is 237 Å². The molecule has 0 aromatic heterocycles. The van der Waals surface area contributed by atoms with Crippen molar-refractivity contribution >= 4 is 39.5 Å². The molecular weight excluding hydrogens is 1210 g/mol. The van der Waals surface area contributed by atoms with Gasteiger partial charge >= 0.3 is 39.5 Å². The van der Waals surface area contributed by atoms with E-state index in [9.17, 15) is 43.2 Å². The van der Waals surface area contributed by atoms with Gasteiger partial charge in [0.25, 0.3) is 0 Å². The van der Waals surface area contributed by atoms with Gasteiger partial charge in [-0.3, -0.25) is 37.3 Å². The number of ether oxygens (including phenoxy) is 4. The lowest BCUT2D eigenvalue weighted by molar-refractivity contribution is -0.161. The average Bonchev–Trinajstić information content (AvgIpc) is 2.52. The van der Waals surface area contributed by atoms with E-state index in [1.165, 1.54) is 193 Å². The Bertz CT molecular complexity index is 1770. The molecule has 0 saturated heterocycles. The Hall–Kier alpha value is -1.94. The molecule has 5 atom stereocenters. The number of unbranched alkanes of at least 4 members (excludes halogenated alkanes) is 45. The van der Waals surface area contributed by atoms with E-state index in [1.807, 2.05) is 0 Å². The van der Waals surface area contributed by atoms with Crippen LogP contribution in [-0.2, 0) is 65.4 Å². The minimum absolute atomic E-state index is 0.106. The summed E-state index contributed by atoms with van der Waals surface area (Å²) in [5, 5.41) is 10.6. The van der Waals surface area contributed by atoms with Gasteiger partial charge in [-0.2, -0.15) is 0 Å². The molecule has 92 heavy (non-hydrogen) atoms. The van der Waals surface area contributed by atoms with E-state index >= 15 is 0 Å². The number of aliphatic hydroxyl groups excluding tert-OH is 1. The van der Waals surface area contributed by atoms with E-state index in [0.29, 0.717) is 25.7 Å². The van der Waals surface area contributed by atoms with Crippen LogP contribution in [0.2, 0.25) is 0 Å². The van der Waals surface area contributed by atoms with Crippen LogP contribution in [0.1, 0.15) is 381 Å². The highest BCUT2D eigenvalue weighted by atomic mass is 31.2. The third-order valence-electron chi connectivity index (χ3n) is 17.0. The predicted octanol–water partition coefficient (Wildman–Crippen LogP) is 21.3. The van der Waals surface area contributed by atoms with Gasteiger partial charge in [0.1, 0.15) is 19.3 Å². The van der Waals surface area contributed by atoms with E-state index in [2.05, 4.69) is 34.6 Å². The minimum atomic E-state index is -4.95. The smallest absolute Gasteiger partial charge is 0.462 e. The lowest BCUT2D eigenvalue weighted by Gasteiger charge is -2.21. The molecule has 0 rings (SSSR count). The Morgan fingerprint density at radius 2 is 0.500 bits per heavy atom. The maximum atomic E-state index is 13.1. The fraction of sp³-hybridized carbons (Fsp3) is 0.945. The maximum absolute atomic E-state index is 13.1. The summed E-state index contributed by atoms with van der Waals surface area (Å²) in [5.41, 5.74) is 0. The van der Waals surface area contributed by atoms with Crippen molar-refractivity contribution in [3.05, 3.63) is 0 Å². The summed E-state index contributed by atoms with van der Waals surface area (Å²) in [5.74, 6) is -1.31. The number of phosphoric ester groups is 2. The number of hydrogen-bond acceptors (Lipinski definition) is 15. The third kappa shape index (κ3) is 66.7. The van der Waals surface area contributed by atoms with Crippen molar-refractivity contribution in [1.29, 1.82) is 0 Å². The summed E-state index contributed by atoms with van der Waals surface area (Å²) in [7, 11) is -9.89. The van der Waals surface area contributed by atoms with E-state index in [-0.39, 0.29) is 25.7 Å². The minimum Gasteiger partial charge on any atom is -0.462 e. The van der Waals surface area contributed by atoms with Crippen LogP contribution in [0.15, 0.2) is 0 Å². The van der Waals surface area contributed by atoms with Gasteiger partial charge in [-0.25, -0.2) is 9.13 Å². The summed E-state index contributed by atoms with van der Waals surface area (Å²) in [6, 6.07) is 0. The standard InChI is InChI=1S/C73H142O17P2/c1-6-9-12-15-18-20-21-22-23-24-28-31-34-38-42-47-52-57-71(76)84-63-69(90-73(78)59-54-49-44-39-35-32-29-26-25-27-30-33-37-41-45-50-55-66(4)5)65-88-92(81,82)86-61-67(74)60-85-91(79,80)87-64-68(62-83-70(75)56-51-46-40-17-14-11-8-3)89-72(77)58-53-48-43-36-19-16-13-10-7-2/h66-69,74H,6-65H2,1-5H3,(H,79,80)(H,81,82)/t67-,68+,69+/m0/s1. The molecule has 2 unspecified atom stereocenters. The molecule has 546 valence electrons. The SMILES string of the molecule is CCCCCCCCCCCCCCCCCCCC(=O)OC[C@H](COP(=O)(O)OC[C@@H](O)COP(=O)(O)OC[C@@H](COC(=O)CCCCCCCCC)OC(=O)CCCCCCCCCCC)OC(=O)CCCCCCCCCCCCCCCCCCC(C)C. The second kappa shape index (κ2) is 66.3. The van der Waals surface area contributed by atoms with Crippen molar-refractivity contribution in [3.63, 3.8) is 0 Å². The highest BCUT2D eigenvalue weighted by Gasteiger charge is 2.30. The van der Waals surface area contributed by atoms with Gasteiger partial charge in [-0.1, -0.05) is 330 Å². The van der Waals surface area contributed by atoms with Gasteiger partial charge < -0.3 is 33.8 Å². The highest BCUT2D eigenvalue weighted by molar-refractivity contribution is 7.47. The van der Waals surface area contributed by atoms with Gasteiger partial charge in [0.05, 0.1) is 26.4 Å². The van der Waals surface area contributed by atoms with Crippen LogP contribution >= 0.6 is 15.6 Å². The zero-order chi connectivity index (χ0) is 67.7. The fourth-order valence-electron chi connectivity index (χ4n) is 11.2. The molecule has 0 aliphatic carbocycles. The molecule has 0 aliphatic rings. The lowest BCUT2D eigenvalue weighted by atomic mass is 10.0. The Kier molecular flexibility index (Phi) is 64.9. The summed E-state index contributed by atoms with van der Waals surface area (Å²) in [6.45, 7) is 7.24. The van der Waals surface area contributed by atoms with E-state index < -0.39 is 97.5 Å².